The van der Waals surface area contributed by atoms with E-state index in [4.69, 9.17) is 16.3 Å². The van der Waals surface area contributed by atoms with Gasteiger partial charge in [0.25, 0.3) is 5.91 Å². The van der Waals surface area contributed by atoms with Crippen molar-refractivity contribution in [2.24, 2.45) is 5.16 Å². The van der Waals surface area contributed by atoms with E-state index in [0.29, 0.717) is 46.2 Å². The van der Waals surface area contributed by atoms with Crippen LogP contribution in [0.5, 0.6) is 5.75 Å². The Hall–Kier alpha value is -3.53. The molecule has 2 heterocycles. The maximum atomic E-state index is 13.3. The molecule has 0 spiro atoms. The van der Waals surface area contributed by atoms with E-state index < -0.39 is 23.5 Å². The van der Waals surface area contributed by atoms with E-state index >= 15 is 0 Å². The van der Waals surface area contributed by atoms with Gasteiger partial charge in [0, 0.05) is 29.8 Å². The molecule has 2 aliphatic rings. The number of benzene rings is 2. The summed E-state index contributed by atoms with van der Waals surface area (Å²) in [6, 6.07) is 13.9. The van der Waals surface area contributed by atoms with Crippen molar-refractivity contribution in [3.05, 3.63) is 82.8 Å². The predicted molar refractivity (Wildman–Crippen MR) is 145 cm³/mol. The highest BCUT2D eigenvalue weighted by Crippen LogP contribution is 2.38. The number of pyridine rings is 1. The van der Waals surface area contributed by atoms with Gasteiger partial charge in [-0.1, -0.05) is 47.1 Å². The number of hydrogen-bond donors (Lipinski definition) is 3. The van der Waals surface area contributed by atoms with E-state index in [0.717, 1.165) is 31.9 Å². The Morgan fingerprint density at radius 2 is 1.90 bits per heavy atom. The average molecular weight is 553 g/mol. The van der Waals surface area contributed by atoms with Crippen LogP contribution in [0.3, 0.4) is 0 Å². The van der Waals surface area contributed by atoms with Gasteiger partial charge in [-0.3, -0.25) is 14.7 Å². The molecule has 0 unspecified atom stereocenters. The van der Waals surface area contributed by atoms with Gasteiger partial charge in [-0.05, 0) is 56.9 Å². The van der Waals surface area contributed by atoms with Crippen LogP contribution in [-0.4, -0.2) is 57.1 Å². The number of oxime groups is 1. The van der Waals surface area contributed by atoms with Crippen LogP contribution >= 0.6 is 11.6 Å². The van der Waals surface area contributed by atoms with E-state index in [1.165, 1.54) is 6.07 Å². The molecule has 1 saturated heterocycles. The molecule has 2 aromatic carbocycles. The number of aromatic nitrogens is 1. The number of halogens is 2. The topological polar surface area (TPSA) is 107 Å². The van der Waals surface area contributed by atoms with Gasteiger partial charge >= 0.3 is 0 Å². The van der Waals surface area contributed by atoms with Gasteiger partial charge in [0.15, 0.2) is 11.4 Å². The zero-order valence-electron chi connectivity index (χ0n) is 21.5. The first-order valence-corrected chi connectivity index (χ1v) is 13.4. The molecule has 1 amide bonds. The van der Waals surface area contributed by atoms with Gasteiger partial charge in [0.05, 0.1) is 29.1 Å². The van der Waals surface area contributed by atoms with Crippen molar-refractivity contribution in [1.82, 2.24) is 15.2 Å². The van der Waals surface area contributed by atoms with Crippen molar-refractivity contribution in [1.29, 1.82) is 0 Å². The van der Waals surface area contributed by atoms with E-state index in [9.17, 15) is 19.5 Å². The Bertz CT molecular complexity index is 1360. The van der Waals surface area contributed by atoms with Crippen molar-refractivity contribution in [3.63, 3.8) is 0 Å². The van der Waals surface area contributed by atoms with Crippen LogP contribution in [0.15, 0.2) is 65.9 Å². The molecule has 2 atom stereocenters. The van der Waals surface area contributed by atoms with Crippen molar-refractivity contribution in [3.8, 4) is 17.0 Å². The van der Waals surface area contributed by atoms with Crippen LogP contribution < -0.4 is 10.1 Å². The minimum absolute atomic E-state index is 0.182. The number of hydrogen-bond acceptors (Lipinski definition) is 7. The number of rotatable bonds is 9. The lowest BCUT2D eigenvalue weighted by atomic mass is 9.93. The monoisotopic (exact) mass is 552 g/mol. The fraction of sp³-hybridized carbons (Fsp3) is 0.345. The summed E-state index contributed by atoms with van der Waals surface area (Å²) in [6.45, 7) is 3.00. The number of carbonyl (C=O) groups is 1. The standard InChI is InChI=1S/C29H30ClFN4O4/c1-18(29(37,35-14-2-3-15-35)21-8-13-26(24(30)16-21)39-23-10-11-23)33-28(36)27(34-38)20-6-4-19(5-7-20)25-12-9-22(31)17-32-25/h4-9,12-13,16-18,23,37-38H,2-3,10-11,14-15H2,1H3,(H,33,36)/t18-,29+/m1/s1. The molecule has 204 valence electrons. The SMILES string of the molecule is C[C@@H](NC(=O)C(=NO)c1ccc(-c2ccc(F)cn2)cc1)[C@](O)(c1ccc(OC2CC2)c(Cl)c1)N1CCCC1. The van der Waals surface area contributed by atoms with Crippen molar-refractivity contribution < 1.29 is 24.2 Å². The summed E-state index contributed by atoms with van der Waals surface area (Å²) in [5.41, 5.74) is 0.388. The molecule has 0 bridgehead atoms. The molecule has 1 saturated carbocycles. The number of nitrogens with one attached hydrogen (secondary N) is 1. The number of amides is 1. The Labute approximate surface area is 231 Å². The minimum Gasteiger partial charge on any atom is -0.489 e. The quantitative estimate of drug-likeness (QED) is 0.202. The largest absolute Gasteiger partial charge is 0.489 e. The summed E-state index contributed by atoms with van der Waals surface area (Å²) in [5, 5.41) is 28.3. The molecule has 10 heteroatoms. The zero-order valence-corrected chi connectivity index (χ0v) is 22.2. The molecule has 5 rings (SSSR count). The first-order chi connectivity index (χ1) is 18.8. The number of likely N-dealkylation sites (tertiary alicyclic amines) is 1. The minimum atomic E-state index is -1.56. The van der Waals surface area contributed by atoms with E-state index in [2.05, 4.69) is 15.5 Å². The molecule has 8 nitrogen and oxygen atoms in total. The summed E-state index contributed by atoms with van der Waals surface area (Å²) in [7, 11) is 0. The van der Waals surface area contributed by atoms with Gasteiger partial charge in [-0.2, -0.15) is 0 Å². The molecular weight excluding hydrogens is 523 g/mol. The van der Waals surface area contributed by atoms with Crippen LogP contribution in [0.2, 0.25) is 5.02 Å². The first-order valence-electron chi connectivity index (χ1n) is 13.0. The summed E-state index contributed by atoms with van der Waals surface area (Å²) >= 11 is 6.52. The lowest BCUT2D eigenvalue weighted by molar-refractivity contribution is -0.138. The van der Waals surface area contributed by atoms with Gasteiger partial charge < -0.3 is 20.4 Å². The maximum Gasteiger partial charge on any atom is 0.274 e. The van der Waals surface area contributed by atoms with Gasteiger partial charge in [-0.25, -0.2) is 4.39 Å². The summed E-state index contributed by atoms with van der Waals surface area (Å²) in [4.78, 5) is 19.3. The Morgan fingerprint density at radius 3 is 2.49 bits per heavy atom. The third-order valence-corrected chi connectivity index (χ3v) is 7.51. The Balaban J connectivity index is 1.36. The number of carbonyl (C=O) groups excluding carboxylic acids is 1. The van der Waals surface area contributed by atoms with Gasteiger partial charge in [0.2, 0.25) is 0 Å². The van der Waals surface area contributed by atoms with Crippen LogP contribution in [0.1, 0.15) is 43.7 Å². The predicted octanol–water partition coefficient (Wildman–Crippen LogP) is 4.71. The average Bonchev–Trinajstić information content (AvgIpc) is 3.58. The summed E-state index contributed by atoms with van der Waals surface area (Å²) in [6.07, 6.45) is 5.14. The van der Waals surface area contributed by atoms with Crippen LogP contribution in [0.25, 0.3) is 11.3 Å². The van der Waals surface area contributed by atoms with Gasteiger partial charge in [0.1, 0.15) is 11.6 Å². The van der Waals surface area contributed by atoms with Crippen LogP contribution in [0, 0.1) is 5.82 Å². The van der Waals surface area contributed by atoms with Crippen molar-refractivity contribution in [2.75, 3.05) is 13.1 Å². The van der Waals surface area contributed by atoms with Gasteiger partial charge in [-0.15, -0.1) is 0 Å². The fourth-order valence-corrected chi connectivity index (χ4v) is 5.13. The summed E-state index contributed by atoms with van der Waals surface area (Å²) in [5.74, 6) is -0.526. The third-order valence-electron chi connectivity index (χ3n) is 7.21. The highest BCUT2D eigenvalue weighted by Gasteiger charge is 2.44. The highest BCUT2D eigenvalue weighted by atomic mass is 35.5. The Morgan fingerprint density at radius 1 is 1.18 bits per heavy atom. The van der Waals surface area contributed by atoms with E-state index in [-0.39, 0.29) is 11.8 Å². The second kappa shape index (κ2) is 11.3. The smallest absolute Gasteiger partial charge is 0.274 e. The highest BCUT2D eigenvalue weighted by molar-refractivity contribution is 6.45. The molecule has 39 heavy (non-hydrogen) atoms. The third kappa shape index (κ3) is 5.75. The van der Waals surface area contributed by atoms with Crippen LogP contribution in [-0.2, 0) is 10.5 Å². The van der Waals surface area contributed by atoms with E-state index in [1.807, 2.05) is 4.90 Å². The fourth-order valence-electron chi connectivity index (χ4n) is 4.90. The maximum absolute atomic E-state index is 13.3. The molecule has 1 aromatic heterocycles. The lowest BCUT2D eigenvalue weighted by Crippen LogP contribution is -2.59. The number of aliphatic hydroxyl groups is 1. The second-order valence-corrected chi connectivity index (χ2v) is 10.4. The molecule has 3 aromatic rings. The lowest BCUT2D eigenvalue weighted by Gasteiger charge is -2.42. The normalized spacial score (nSPS) is 18.4. The van der Waals surface area contributed by atoms with Crippen molar-refractivity contribution >= 4 is 23.2 Å². The zero-order chi connectivity index (χ0) is 27.6. The van der Waals surface area contributed by atoms with Crippen molar-refractivity contribution in [2.45, 2.75) is 50.5 Å². The van der Waals surface area contributed by atoms with E-state index in [1.54, 1.807) is 55.5 Å². The molecule has 2 fully saturated rings. The van der Waals surface area contributed by atoms with Crippen LogP contribution in [0.4, 0.5) is 4.39 Å². The molecule has 3 N–H and O–H groups in total. The molecule has 1 aliphatic carbocycles. The number of nitrogens with zero attached hydrogens (tertiary/aromatic N) is 3. The first kappa shape index (κ1) is 27.1. The molecule has 0 radical (unpaired) electrons. The molecular formula is C29H30ClFN4O4. The number of ether oxygens (including phenoxy) is 1. The molecule has 1 aliphatic heterocycles. The Kier molecular flexibility index (Phi) is 7.83. The summed E-state index contributed by atoms with van der Waals surface area (Å²) < 4.78 is 19.1. The second-order valence-electron chi connectivity index (χ2n) is 9.97.